The number of carbonyl (C=O) groups is 1. The van der Waals surface area contributed by atoms with Crippen LogP contribution in [0.3, 0.4) is 0 Å². The van der Waals surface area contributed by atoms with Crippen LogP contribution in [0.4, 0.5) is 0 Å². The first-order chi connectivity index (χ1) is 7.69. The number of hydrogen-bond acceptors (Lipinski definition) is 4. The quantitative estimate of drug-likeness (QED) is 0.685. The van der Waals surface area contributed by atoms with Crippen molar-refractivity contribution in [3.8, 4) is 6.07 Å². The molecule has 88 valence electrons. The Balaban J connectivity index is 1.99. The zero-order valence-corrected chi connectivity index (χ0v) is 9.44. The fourth-order valence-electron chi connectivity index (χ4n) is 2.30. The molecule has 2 aliphatic rings. The minimum atomic E-state index is -0.361. The van der Waals surface area contributed by atoms with Gasteiger partial charge in [0.2, 0.25) is 5.91 Å². The molecule has 2 atom stereocenters. The average Bonchev–Trinajstić information content (AvgIpc) is 2.88. The smallest absolute Gasteiger partial charge is 0.224 e. The van der Waals surface area contributed by atoms with Crippen molar-refractivity contribution in [1.82, 2.24) is 4.90 Å². The Morgan fingerprint density at radius 2 is 2.56 bits per heavy atom. The normalized spacial score (nSPS) is 34.4. The standard InChI is InChI=1S/C11H16N2O3/c1-15-11(2-3-16-8-11)7-13-6-9(5-12)4-10(13)14/h9H,2-4,6-8H2,1H3. The minimum absolute atomic E-state index is 0.0508. The van der Waals surface area contributed by atoms with Gasteiger partial charge < -0.3 is 14.4 Å². The Morgan fingerprint density at radius 3 is 3.06 bits per heavy atom. The van der Waals surface area contributed by atoms with Crippen LogP contribution in [0.1, 0.15) is 12.8 Å². The first kappa shape index (κ1) is 11.4. The third-order valence-electron chi connectivity index (χ3n) is 3.38. The lowest BCUT2D eigenvalue weighted by molar-refractivity contribution is -0.132. The second kappa shape index (κ2) is 4.40. The molecule has 0 radical (unpaired) electrons. The van der Waals surface area contributed by atoms with E-state index in [1.54, 1.807) is 12.0 Å². The number of hydrogen-bond donors (Lipinski definition) is 0. The minimum Gasteiger partial charge on any atom is -0.378 e. The van der Waals surface area contributed by atoms with Crippen LogP contribution in [0, 0.1) is 17.2 Å². The maximum absolute atomic E-state index is 11.7. The van der Waals surface area contributed by atoms with E-state index in [2.05, 4.69) is 6.07 Å². The van der Waals surface area contributed by atoms with E-state index in [0.717, 1.165) is 6.42 Å². The molecule has 2 saturated heterocycles. The molecule has 16 heavy (non-hydrogen) atoms. The largest absolute Gasteiger partial charge is 0.378 e. The third kappa shape index (κ3) is 2.04. The summed E-state index contributed by atoms with van der Waals surface area (Å²) in [5.41, 5.74) is -0.361. The molecule has 0 aromatic carbocycles. The number of methoxy groups -OCH3 is 1. The van der Waals surface area contributed by atoms with Gasteiger partial charge in [-0.15, -0.1) is 0 Å². The maximum Gasteiger partial charge on any atom is 0.224 e. The maximum atomic E-state index is 11.7. The van der Waals surface area contributed by atoms with E-state index >= 15 is 0 Å². The number of rotatable bonds is 3. The molecular formula is C11H16N2O3. The van der Waals surface area contributed by atoms with Gasteiger partial charge in [-0.1, -0.05) is 0 Å². The molecule has 0 aromatic rings. The molecule has 0 aromatic heterocycles. The van der Waals surface area contributed by atoms with Crippen LogP contribution in [0.25, 0.3) is 0 Å². The number of nitriles is 1. The summed E-state index contributed by atoms with van der Waals surface area (Å²) in [6.45, 7) is 2.28. The summed E-state index contributed by atoms with van der Waals surface area (Å²) in [5, 5.41) is 8.80. The van der Waals surface area contributed by atoms with Crippen molar-refractivity contribution in [2.75, 3.05) is 33.4 Å². The van der Waals surface area contributed by atoms with Gasteiger partial charge in [-0.05, 0) is 0 Å². The highest BCUT2D eigenvalue weighted by molar-refractivity contribution is 5.79. The summed E-state index contributed by atoms with van der Waals surface area (Å²) >= 11 is 0. The van der Waals surface area contributed by atoms with Gasteiger partial charge in [0.15, 0.2) is 0 Å². The second-order valence-electron chi connectivity index (χ2n) is 4.49. The van der Waals surface area contributed by atoms with E-state index < -0.39 is 0 Å². The monoisotopic (exact) mass is 224 g/mol. The summed E-state index contributed by atoms with van der Waals surface area (Å²) in [5.74, 6) is -0.112. The van der Waals surface area contributed by atoms with Gasteiger partial charge in [0.05, 0.1) is 25.1 Å². The molecule has 1 amide bonds. The SMILES string of the molecule is COC1(CN2CC(C#N)CC2=O)CCOC1. The van der Waals surface area contributed by atoms with Gasteiger partial charge in [-0.25, -0.2) is 0 Å². The van der Waals surface area contributed by atoms with Crippen LogP contribution in [0.2, 0.25) is 0 Å². The molecule has 5 heteroatoms. The fourth-order valence-corrected chi connectivity index (χ4v) is 2.30. The van der Waals surface area contributed by atoms with E-state index in [-0.39, 0.29) is 17.4 Å². The molecule has 2 fully saturated rings. The molecule has 5 nitrogen and oxygen atoms in total. The third-order valence-corrected chi connectivity index (χ3v) is 3.38. The molecule has 2 rings (SSSR count). The number of amides is 1. The molecule has 2 heterocycles. The average molecular weight is 224 g/mol. The molecule has 0 aliphatic carbocycles. The van der Waals surface area contributed by atoms with Crippen LogP contribution in [0.15, 0.2) is 0 Å². The summed E-state index contributed by atoms with van der Waals surface area (Å²) in [4.78, 5) is 13.4. The first-order valence-corrected chi connectivity index (χ1v) is 5.49. The van der Waals surface area contributed by atoms with Gasteiger partial charge in [0.25, 0.3) is 0 Å². The lowest BCUT2D eigenvalue weighted by Crippen LogP contribution is -2.45. The molecule has 0 N–H and O–H groups in total. The van der Waals surface area contributed by atoms with Crippen molar-refractivity contribution in [3.63, 3.8) is 0 Å². The predicted octanol–water partition coefficient (Wildman–Crippen LogP) is 0.164. The topological polar surface area (TPSA) is 62.6 Å². The van der Waals surface area contributed by atoms with E-state index in [1.807, 2.05) is 0 Å². The van der Waals surface area contributed by atoms with E-state index in [1.165, 1.54) is 0 Å². The zero-order chi connectivity index (χ0) is 11.6. The number of nitrogens with zero attached hydrogens (tertiary/aromatic N) is 2. The summed E-state index contributed by atoms with van der Waals surface area (Å²) in [7, 11) is 1.65. The van der Waals surface area contributed by atoms with E-state index in [9.17, 15) is 4.79 Å². The molecule has 2 aliphatic heterocycles. The number of likely N-dealkylation sites (tertiary alicyclic amines) is 1. The van der Waals surface area contributed by atoms with Crippen molar-refractivity contribution in [1.29, 1.82) is 5.26 Å². The van der Waals surface area contributed by atoms with Gasteiger partial charge in [0, 0.05) is 33.1 Å². The van der Waals surface area contributed by atoms with Crippen LogP contribution < -0.4 is 0 Å². The second-order valence-corrected chi connectivity index (χ2v) is 4.49. The fraction of sp³-hybridized carbons (Fsp3) is 0.818. The van der Waals surface area contributed by atoms with Gasteiger partial charge in [-0.3, -0.25) is 4.79 Å². The Bertz CT molecular complexity index is 318. The van der Waals surface area contributed by atoms with Gasteiger partial charge in [-0.2, -0.15) is 5.26 Å². The van der Waals surface area contributed by atoms with Crippen LogP contribution in [0.5, 0.6) is 0 Å². The molecule has 0 bridgehead atoms. The summed E-state index contributed by atoms with van der Waals surface area (Å²) in [6, 6.07) is 2.15. The number of ether oxygens (including phenoxy) is 2. The van der Waals surface area contributed by atoms with Crippen molar-refractivity contribution in [2.24, 2.45) is 5.92 Å². The highest BCUT2D eigenvalue weighted by Crippen LogP contribution is 2.27. The Labute approximate surface area is 94.9 Å². The van der Waals surface area contributed by atoms with E-state index in [4.69, 9.17) is 14.7 Å². The Hall–Kier alpha value is -1.12. The van der Waals surface area contributed by atoms with Crippen LogP contribution in [-0.2, 0) is 14.3 Å². The van der Waals surface area contributed by atoms with Crippen molar-refractivity contribution in [2.45, 2.75) is 18.4 Å². The van der Waals surface area contributed by atoms with Crippen molar-refractivity contribution in [3.05, 3.63) is 0 Å². The highest BCUT2D eigenvalue weighted by Gasteiger charge is 2.40. The van der Waals surface area contributed by atoms with Crippen molar-refractivity contribution < 1.29 is 14.3 Å². The first-order valence-electron chi connectivity index (χ1n) is 5.49. The predicted molar refractivity (Wildman–Crippen MR) is 55.5 cm³/mol. The lowest BCUT2D eigenvalue weighted by atomic mass is 10.0. The summed E-state index contributed by atoms with van der Waals surface area (Å²) < 4.78 is 10.8. The zero-order valence-electron chi connectivity index (χ0n) is 9.44. The van der Waals surface area contributed by atoms with Gasteiger partial charge >= 0.3 is 0 Å². The van der Waals surface area contributed by atoms with Crippen LogP contribution in [-0.4, -0.2) is 49.8 Å². The molecule has 2 unspecified atom stereocenters. The number of carbonyl (C=O) groups excluding carboxylic acids is 1. The molecule has 0 saturated carbocycles. The molecular weight excluding hydrogens is 208 g/mol. The lowest BCUT2D eigenvalue weighted by Gasteiger charge is -2.30. The Kier molecular flexibility index (Phi) is 3.13. The summed E-state index contributed by atoms with van der Waals surface area (Å²) in [6.07, 6.45) is 1.15. The van der Waals surface area contributed by atoms with Gasteiger partial charge in [0.1, 0.15) is 5.60 Å². The Morgan fingerprint density at radius 1 is 1.75 bits per heavy atom. The molecule has 0 spiro atoms. The van der Waals surface area contributed by atoms with Crippen molar-refractivity contribution >= 4 is 5.91 Å². The van der Waals surface area contributed by atoms with E-state index in [0.29, 0.717) is 32.7 Å². The highest BCUT2D eigenvalue weighted by atomic mass is 16.5. The van der Waals surface area contributed by atoms with Crippen LogP contribution >= 0.6 is 0 Å².